The topological polar surface area (TPSA) is 57.4 Å². The minimum absolute atomic E-state index is 0.202. The number of hydrogen-bond donors (Lipinski definition) is 1. The van der Waals surface area contributed by atoms with E-state index in [4.69, 9.17) is 12.2 Å². The Kier molecular flexibility index (Phi) is 6.11. The molecule has 1 N–H and O–H groups in total. The van der Waals surface area contributed by atoms with Gasteiger partial charge in [0.25, 0.3) is 5.91 Å². The van der Waals surface area contributed by atoms with Crippen molar-refractivity contribution in [2.75, 3.05) is 38.1 Å². The normalized spacial score (nSPS) is 22.5. The van der Waals surface area contributed by atoms with Gasteiger partial charge in [-0.1, -0.05) is 18.2 Å². The van der Waals surface area contributed by atoms with Gasteiger partial charge in [0.2, 0.25) is 5.91 Å². The van der Waals surface area contributed by atoms with Gasteiger partial charge in [-0.15, -0.1) is 0 Å². The van der Waals surface area contributed by atoms with Crippen LogP contribution in [0.1, 0.15) is 19.3 Å². The van der Waals surface area contributed by atoms with Crippen LogP contribution in [0.2, 0.25) is 0 Å². The largest absolute Gasteiger partial charge is 0.333 e. The molecule has 2 fully saturated rings. The van der Waals surface area contributed by atoms with E-state index in [1.165, 1.54) is 48.4 Å². The van der Waals surface area contributed by atoms with Gasteiger partial charge in [0.1, 0.15) is 0 Å². The van der Waals surface area contributed by atoms with Gasteiger partial charge in [0.05, 0.1) is 31.9 Å². The molecule has 0 saturated carbocycles. The number of anilines is 1. The Bertz CT molecular complexity index is 701. The van der Waals surface area contributed by atoms with Crippen LogP contribution in [-0.4, -0.2) is 61.3 Å². The average Bonchev–Trinajstić information content (AvgIpc) is 2.67. The highest BCUT2D eigenvalue weighted by Crippen LogP contribution is 2.23. The van der Waals surface area contributed by atoms with Crippen molar-refractivity contribution in [1.29, 1.82) is 0 Å². The summed E-state index contributed by atoms with van der Waals surface area (Å²) in [7, 11) is 1.60. The van der Waals surface area contributed by atoms with E-state index in [1.807, 2.05) is 30.3 Å². The molecule has 2 amide bonds. The molecule has 0 spiro atoms. The summed E-state index contributed by atoms with van der Waals surface area (Å²) in [5.41, 5.74) is 0.665. The fourth-order valence-corrected chi connectivity index (χ4v) is 3.72. The van der Waals surface area contributed by atoms with Crippen molar-refractivity contribution >= 4 is 41.0 Å². The summed E-state index contributed by atoms with van der Waals surface area (Å²) in [6.07, 6.45) is 5.36. The molecule has 3 rings (SSSR count). The molecule has 6 nitrogen and oxygen atoms in total. The number of carbonyl (C=O) groups excluding carboxylic acids is 2. The second-order valence-corrected chi connectivity index (χ2v) is 7.15. The summed E-state index contributed by atoms with van der Waals surface area (Å²) >= 11 is 5.32. The van der Waals surface area contributed by atoms with E-state index < -0.39 is 5.92 Å². The Balaban J connectivity index is 1.69. The van der Waals surface area contributed by atoms with Crippen LogP contribution in [0, 0.1) is 5.92 Å². The van der Waals surface area contributed by atoms with Crippen LogP contribution in [0.5, 0.6) is 0 Å². The molecule has 26 heavy (non-hydrogen) atoms. The third-order valence-electron chi connectivity index (χ3n) is 4.99. The molecule has 0 bridgehead atoms. The standard InChI is InChI=1S/C19H24N4O2S/c1-21-17(24)16(14-20-10-13-22-11-6-3-7-12-22)18(25)23(19(21)26)15-8-4-2-5-9-15/h2,4-5,8-9,14,16H,3,6-7,10-13H2,1H3/p+1/t16-/m1/s1. The zero-order valence-electron chi connectivity index (χ0n) is 15.1. The van der Waals surface area contributed by atoms with Crippen molar-refractivity contribution in [3.05, 3.63) is 30.3 Å². The zero-order valence-corrected chi connectivity index (χ0v) is 15.9. The van der Waals surface area contributed by atoms with Gasteiger partial charge in [-0.2, -0.15) is 0 Å². The van der Waals surface area contributed by atoms with Crippen molar-refractivity contribution in [3.8, 4) is 0 Å². The maximum Gasteiger partial charge on any atom is 0.251 e. The summed E-state index contributed by atoms with van der Waals surface area (Å²) in [6, 6.07) is 9.17. The van der Waals surface area contributed by atoms with E-state index in [-0.39, 0.29) is 16.9 Å². The highest BCUT2D eigenvalue weighted by Gasteiger charge is 2.41. The fourth-order valence-electron chi connectivity index (χ4n) is 3.44. The Morgan fingerprint density at radius 1 is 1.15 bits per heavy atom. The number of nitrogens with one attached hydrogen (secondary N) is 1. The summed E-state index contributed by atoms with van der Waals surface area (Å²) < 4.78 is 0. The van der Waals surface area contributed by atoms with Crippen LogP contribution in [0.25, 0.3) is 0 Å². The second kappa shape index (κ2) is 8.51. The molecule has 1 aromatic carbocycles. The van der Waals surface area contributed by atoms with Gasteiger partial charge in [0.15, 0.2) is 11.0 Å². The first-order valence-corrected chi connectivity index (χ1v) is 9.54. The van der Waals surface area contributed by atoms with Crippen molar-refractivity contribution in [1.82, 2.24) is 4.90 Å². The zero-order chi connectivity index (χ0) is 18.5. The number of quaternary nitrogens is 1. The molecular weight excluding hydrogens is 348 g/mol. The molecule has 2 aliphatic heterocycles. The molecule has 2 heterocycles. The summed E-state index contributed by atoms with van der Waals surface area (Å²) in [6.45, 7) is 3.96. The van der Waals surface area contributed by atoms with Crippen molar-refractivity contribution in [2.45, 2.75) is 19.3 Å². The number of amides is 2. The van der Waals surface area contributed by atoms with E-state index in [0.717, 1.165) is 6.54 Å². The van der Waals surface area contributed by atoms with Crippen LogP contribution in [0.4, 0.5) is 5.69 Å². The molecule has 0 unspecified atom stereocenters. The van der Waals surface area contributed by atoms with Crippen molar-refractivity contribution in [2.24, 2.45) is 10.9 Å². The lowest BCUT2D eigenvalue weighted by Gasteiger charge is -2.36. The number of likely N-dealkylation sites (tertiary alicyclic amines) is 1. The number of nitrogens with zero attached hydrogens (tertiary/aromatic N) is 3. The Hall–Kier alpha value is -2.12. The number of carbonyl (C=O) groups is 2. The lowest BCUT2D eigenvalue weighted by Crippen LogP contribution is -3.13. The lowest BCUT2D eigenvalue weighted by atomic mass is 10.0. The summed E-state index contributed by atoms with van der Waals surface area (Å²) in [4.78, 5) is 34.1. The fraction of sp³-hybridized carbons (Fsp3) is 0.474. The molecular formula is C19H25N4O2S+. The van der Waals surface area contributed by atoms with Gasteiger partial charge in [0, 0.05) is 13.3 Å². The minimum Gasteiger partial charge on any atom is -0.333 e. The number of thiocarbonyl (C=S) groups is 1. The number of hydrogen-bond acceptors (Lipinski definition) is 4. The predicted molar refractivity (Wildman–Crippen MR) is 106 cm³/mol. The van der Waals surface area contributed by atoms with Crippen molar-refractivity contribution < 1.29 is 14.5 Å². The van der Waals surface area contributed by atoms with Crippen LogP contribution >= 0.6 is 12.2 Å². The molecule has 0 aliphatic carbocycles. The molecule has 138 valence electrons. The third-order valence-corrected chi connectivity index (χ3v) is 5.44. The first-order valence-electron chi connectivity index (χ1n) is 9.13. The van der Waals surface area contributed by atoms with Gasteiger partial charge >= 0.3 is 0 Å². The number of piperidine rings is 1. The van der Waals surface area contributed by atoms with E-state index in [2.05, 4.69) is 4.99 Å². The molecule has 0 aromatic heterocycles. The third kappa shape index (κ3) is 3.99. The molecule has 0 radical (unpaired) electrons. The maximum absolute atomic E-state index is 12.9. The smallest absolute Gasteiger partial charge is 0.251 e. The van der Waals surface area contributed by atoms with Crippen LogP contribution in [-0.2, 0) is 9.59 Å². The van der Waals surface area contributed by atoms with Gasteiger partial charge in [-0.3, -0.25) is 24.4 Å². The lowest BCUT2D eigenvalue weighted by molar-refractivity contribution is -0.903. The van der Waals surface area contributed by atoms with Gasteiger partial charge in [-0.25, -0.2) is 0 Å². The average molecular weight is 374 g/mol. The Morgan fingerprint density at radius 3 is 2.54 bits per heavy atom. The Labute approximate surface area is 159 Å². The van der Waals surface area contributed by atoms with Gasteiger partial charge in [-0.05, 0) is 43.6 Å². The summed E-state index contributed by atoms with van der Waals surface area (Å²) in [5.74, 6) is -1.57. The number of benzene rings is 1. The Morgan fingerprint density at radius 2 is 1.85 bits per heavy atom. The second-order valence-electron chi connectivity index (χ2n) is 6.78. The SMILES string of the molecule is CN1C(=O)[C@@H](C=NCC[NH+]2CCCCC2)C(=O)N(c2ccccc2)C1=S. The van der Waals surface area contributed by atoms with Crippen LogP contribution in [0.3, 0.4) is 0 Å². The molecule has 1 aromatic rings. The number of aliphatic imine (C=N–C) groups is 1. The maximum atomic E-state index is 12.9. The number of rotatable bonds is 5. The minimum atomic E-state index is -0.914. The van der Waals surface area contributed by atoms with Gasteiger partial charge < -0.3 is 4.90 Å². The molecule has 2 saturated heterocycles. The highest BCUT2D eigenvalue weighted by molar-refractivity contribution is 7.80. The quantitative estimate of drug-likeness (QED) is 0.465. The first-order chi connectivity index (χ1) is 12.6. The monoisotopic (exact) mass is 373 g/mol. The van der Waals surface area contributed by atoms with Crippen LogP contribution in [0.15, 0.2) is 35.3 Å². The van der Waals surface area contributed by atoms with E-state index >= 15 is 0 Å². The van der Waals surface area contributed by atoms with E-state index in [0.29, 0.717) is 12.2 Å². The highest BCUT2D eigenvalue weighted by atomic mass is 32.1. The first kappa shape index (κ1) is 18.7. The van der Waals surface area contributed by atoms with Crippen LogP contribution < -0.4 is 9.80 Å². The summed E-state index contributed by atoms with van der Waals surface area (Å²) in [5, 5.41) is 0.202. The predicted octanol–water partition coefficient (Wildman–Crippen LogP) is 0.532. The molecule has 7 heteroatoms. The van der Waals surface area contributed by atoms with Crippen molar-refractivity contribution in [3.63, 3.8) is 0 Å². The van der Waals surface area contributed by atoms with E-state index in [1.54, 1.807) is 11.9 Å². The molecule has 1 atom stereocenters. The number of para-hydroxylation sites is 1. The molecule has 2 aliphatic rings. The van der Waals surface area contributed by atoms with E-state index in [9.17, 15) is 9.59 Å².